The lowest BCUT2D eigenvalue weighted by Gasteiger charge is -2.40. The van der Waals surface area contributed by atoms with Crippen LogP contribution in [0.3, 0.4) is 0 Å². The third kappa shape index (κ3) is 4.96. The van der Waals surface area contributed by atoms with Crippen molar-refractivity contribution in [3.05, 3.63) is 53.4 Å². The van der Waals surface area contributed by atoms with Crippen LogP contribution in [0.2, 0.25) is 0 Å². The van der Waals surface area contributed by atoms with Gasteiger partial charge < -0.3 is 24.1 Å². The van der Waals surface area contributed by atoms with Crippen molar-refractivity contribution in [3.63, 3.8) is 0 Å². The molecule has 4 aromatic heterocycles. The van der Waals surface area contributed by atoms with E-state index in [4.69, 9.17) is 4.74 Å². The Kier molecular flexibility index (Phi) is 6.60. The van der Waals surface area contributed by atoms with Crippen LogP contribution in [-0.4, -0.2) is 79.0 Å². The smallest absolute Gasteiger partial charge is 0.443 e. The lowest BCUT2D eigenvalue weighted by atomic mass is 10.2. The Morgan fingerprint density at radius 2 is 1.98 bits per heavy atom. The van der Waals surface area contributed by atoms with Crippen molar-refractivity contribution in [3.8, 4) is 11.5 Å². The summed E-state index contributed by atoms with van der Waals surface area (Å²) in [6, 6.07) is 7.94. The minimum atomic E-state index is -4.65. The molecule has 1 aromatic carbocycles. The molecule has 0 radical (unpaired) electrons. The van der Waals surface area contributed by atoms with Gasteiger partial charge in [-0.15, -0.1) is 0 Å². The number of amides is 1. The zero-order chi connectivity index (χ0) is 28.9. The topological polar surface area (TPSA) is 122 Å². The average Bonchev–Trinajstić information content (AvgIpc) is 3.68. The van der Waals surface area contributed by atoms with Gasteiger partial charge in [-0.3, -0.25) is 4.79 Å². The highest BCUT2D eigenvalue weighted by Crippen LogP contribution is 2.42. The number of carbonyl (C=O) groups is 2. The minimum absolute atomic E-state index is 0.0500. The van der Waals surface area contributed by atoms with Gasteiger partial charge in [0.05, 0.1) is 30.0 Å². The highest BCUT2D eigenvalue weighted by atomic mass is 32.1. The number of halogens is 3. The zero-order valence-electron chi connectivity index (χ0n) is 21.8. The van der Waals surface area contributed by atoms with Gasteiger partial charge in [0.1, 0.15) is 22.8 Å². The molecule has 1 fully saturated rings. The number of nitrogens with one attached hydrogen (secondary N) is 1. The Morgan fingerprint density at radius 3 is 2.73 bits per heavy atom. The van der Waals surface area contributed by atoms with Gasteiger partial charge in [0.15, 0.2) is 11.5 Å². The van der Waals surface area contributed by atoms with Crippen molar-refractivity contribution < 1.29 is 27.5 Å². The predicted octanol–water partition coefficient (Wildman–Crippen LogP) is 3.97. The van der Waals surface area contributed by atoms with Gasteiger partial charge in [0.2, 0.25) is 10.9 Å². The highest BCUT2D eigenvalue weighted by Gasteiger charge is 2.39. The number of aromatic amines is 1. The number of thiazole rings is 1. The lowest BCUT2D eigenvalue weighted by Crippen LogP contribution is -2.54. The van der Waals surface area contributed by atoms with E-state index in [9.17, 15) is 22.8 Å². The number of esters is 1. The van der Waals surface area contributed by atoms with E-state index >= 15 is 0 Å². The van der Waals surface area contributed by atoms with Crippen LogP contribution in [0, 0.1) is 0 Å². The number of alkyl halides is 3. The molecule has 212 valence electrons. The summed E-state index contributed by atoms with van der Waals surface area (Å²) in [5.74, 6) is -0.536. The van der Waals surface area contributed by atoms with Crippen molar-refractivity contribution in [2.75, 3.05) is 31.6 Å². The van der Waals surface area contributed by atoms with Crippen LogP contribution in [0.4, 0.5) is 18.2 Å². The Balaban J connectivity index is 1.26. The molecule has 0 bridgehead atoms. The number of hydrogen-bond acceptors (Lipinski definition) is 9. The number of ether oxygens (including phenoxy) is 1. The molecule has 41 heavy (non-hydrogen) atoms. The molecule has 11 nitrogen and oxygen atoms in total. The molecule has 1 atom stereocenters. The summed E-state index contributed by atoms with van der Waals surface area (Å²) in [5, 5.41) is -0.697. The first kappa shape index (κ1) is 26.7. The van der Waals surface area contributed by atoms with E-state index in [2.05, 4.69) is 24.9 Å². The summed E-state index contributed by atoms with van der Waals surface area (Å²) in [7, 11) is 1.26. The first-order valence-corrected chi connectivity index (χ1v) is 13.4. The van der Waals surface area contributed by atoms with Crippen LogP contribution in [0.5, 0.6) is 0 Å². The Morgan fingerprint density at radius 1 is 1.15 bits per heavy atom. The van der Waals surface area contributed by atoms with E-state index in [1.165, 1.54) is 19.2 Å². The van der Waals surface area contributed by atoms with Gasteiger partial charge in [-0.05, 0) is 37.3 Å². The summed E-state index contributed by atoms with van der Waals surface area (Å²) in [6.07, 6.45) is -1.44. The van der Waals surface area contributed by atoms with Crippen LogP contribution < -0.4 is 4.90 Å². The number of methoxy groups -OCH3 is 1. The summed E-state index contributed by atoms with van der Waals surface area (Å²) in [4.78, 5) is 48.6. The zero-order valence-corrected chi connectivity index (χ0v) is 22.7. The number of carbonyl (C=O) groups excluding carboxylic acids is 2. The number of imidazole rings is 2. The number of piperazine rings is 1. The fourth-order valence-electron chi connectivity index (χ4n) is 4.93. The lowest BCUT2D eigenvalue weighted by molar-refractivity contribution is -0.137. The average molecular weight is 585 g/mol. The highest BCUT2D eigenvalue weighted by molar-refractivity contribution is 7.16. The number of H-pyrrole nitrogens is 1. The first-order chi connectivity index (χ1) is 19.6. The molecule has 0 saturated carbocycles. The molecule has 1 N–H and O–H groups in total. The molecule has 1 amide bonds. The fourth-order valence-corrected chi connectivity index (χ4v) is 5.90. The molecule has 1 saturated heterocycles. The SMILES string of the molecule is COC(=O)c1ccc2nc(-c3nc(C(F)(F)F)sc3N3CCN(C(=O)Cn4cnc5cccnc54)C(C)C3)[nH]c2c1. The van der Waals surface area contributed by atoms with E-state index in [-0.39, 0.29) is 35.6 Å². The maximum absolute atomic E-state index is 13.8. The largest absolute Gasteiger partial charge is 0.465 e. The molecule has 6 rings (SSSR count). The maximum atomic E-state index is 13.8. The molecule has 1 aliphatic rings. The van der Waals surface area contributed by atoms with Gasteiger partial charge in [0.25, 0.3) is 0 Å². The van der Waals surface area contributed by atoms with E-state index in [0.717, 1.165) is 0 Å². The van der Waals surface area contributed by atoms with Gasteiger partial charge in [-0.1, -0.05) is 11.3 Å². The van der Waals surface area contributed by atoms with E-state index in [1.807, 2.05) is 13.0 Å². The summed E-state index contributed by atoms with van der Waals surface area (Å²) in [6.45, 7) is 2.82. The number of nitrogens with zero attached hydrogens (tertiary/aromatic N) is 7. The standard InChI is InChI=1S/C26H23F3N8O3S/c1-14-11-35(8-9-37(14)19(38)12-36-13-31-17-4-3-7-30-22(17)36)23-20(34-25(41-23)26(27,28)29)21-32-16-6-5-15(24(39)40-2)10-18(16)33-21/h3-7,10,13-14H,8-9,11-12H2,1-2H3,(H,32,33). The van der Waals surface area contributed by atoms with Crippen LogP contribution in [0.25, 0.3) is 33.7 Å². The van der Waals surface area contributed by atoms with Crippen LogP contribution in [0.15, 0.2) is 42.9 Å². The molecule has 1 aliphatic heterocycles. The van der Waals surface area contributed by atoms with Gasteiger partial charge in [-0.25, -0.2) is 24.7 Å². The van der Waals surface area contributed by atoms with Crippen molar-refractivity contribution in [1.82, 2.24) is 34.4 Å². The number of aromatic nitrogens is 6. The van der Waals surface area contributed by atoms with Gasteiger partial charge in [0, 0.05) is 31.9 Å². The summed E-state index contributed by atoms with van der Waals surface area (Å²) >= 11 is 0.538. The number of rotatable bonds is 5. The van der Waals surface area contributed by atoms with Crippen LogP contribution >= 0.6 is 11.3 Å². The van der Waals surface area contributed by atoms with E-state index in [1.54, 1.807) is 39.0 Å². The van der Waals surface area contributed by atoms with Crippen molar-refractivity contribution in [2.45, 2.75) is 25.7 Å². The quantitative estimate of drug-likeness (QED) is 0.308. The van der Waals surface area contributed by atoms with Gasteiger partial charge in [-0.2, -0.15) is 13.2 Å². The minimum Gasteiger partial charge on any atom is -0.465 e. The summed E-state index contributed by atoms with van der Waals surface area (Å²) < 4.78 is 47.7. The fraction of sp³-hybridized carbons (Fsp3) is 0.308. The normalized spacial score (nSPS) is 16.1. The molecule has 5 aromatic rings. The monoisotopic (exact) mass is 584 g/mol. The molecule has 0 spiro atoms. The van der Waals surface area contributed by atoms with Crippen molar-refractivity contribution >= 4 is 50.4 Å². The molecular weight excluding hydrogens is 561 g/mol. The third-order valence-corrected chi connectivity index (χ3v) is 8.06. The molecule has 0 aliphatic carbocycles. The van der Waals surface area contributed by atoms with Crippen LogP contribution in [-0.2, 0) is 22.3 Å². The first-order valence-electron chi connectivity index (χ1n) is 12.6. The number of hydrogen-bond donors (Lipinski definition) is 1. The Bertz CT molecular complexity index is 1780. The van der Waals surface area contributed by atoms with Crippen molar-refractivity contribution in [2.24, 2.45) is 0 Å². The predicted molar refractivity (Wildman–Crippen MR) is 144 cm³/mol. The Labute approximate surface area is 234 Å². The molecule has 1 unspecified atom stereocenters. The maximum Gasteiger partial charge on any atom is 0.443 e. The second kappa shape index (κ2) is 10.1. The van der Waals surface area contributed by atoms with E-state index in [0.29, 0.717) is 58.2 Å². The number of anilines is 1. The number of pyridine rings is 1. The molecular formula is C26H23F3N8O3S. The summed E-state index contributed by atoms with van der Waals surface area (Å²) in [5.41, 5.74) is 2.54. The van der Waals surface area contributed by atoms with Gasteiger partial charge >= 0.3 is 12.1 Å². The second-order valence-electron chi connectivity index (χ2n) is 9.58. The third-order valence-electron chi connectivity index (χ3n) is 6.89. The number of benzene rings is 1. The molecule has 5 heterocycles. The van der Waals surface area contributed by atoms with Crippen LogP contribution in [0.1, 0.15) is 22.3 Å². The van der Waals surface area contributed by atoms with Crippen molar-refractivity contribution in [1.29, 1.82) is 0 Å². The van der Waals surface area contributed by atoms with E-state index < -0.39 is 17.2 Å². The second-order valence-corrected chi connectivity index (χ2v) is 10.6. The Hall–Kier alpha value is -4.53. The molecule has 15 heteroatoms. The number of fused-ring (bicyclic) bond motifs is 2.